The van der Waals surface area contributed by atoms with E-state index in [9.17, 15) is 9.59 Å². The molecule has 23 heavy (non-hydrogen) atoms. The lowest BCUT2D eigenvalue weighted by molar-refractivity contribution is -0.120. The van der Waals surface area contributed by atoms with E-state index in [1.807, 2.05) is 54.6 Å². The molecule has 0 saturated heterocycles. The molecule has 4 heteroatoms. The molecular formula is C19H22N2O2. The van der Waals surface area contributed by atoms with Crippen molar-refractivity contribution < 1.29 is 9.59 Å². The molecule has 0 saturated carbocycles. The Labute approximate surface area is 136 Å². The first kappa shape index (κ1) is 16.7. The van der Waals surface area contributed by atoms with Crippen LogP contribution < -0.4 is 10.6 Å². The SMILES string of the molecule is CCc1ccc(NC(=O)C[C@H](NC(C)=O)c2ccccc2)cc1. The fourth-order valence-corrected chi connectivity index (χ4v) is 2.40. The molecule has 1 atom stereocenters. The van der Waals surface area contributed by atoms with Gasteiger partial charge < -0.3 is 10.6 Å². The largest absolute Gasteiger partial charge is 0.349 e. The molecule has 2 aromatic rings. The summed E-state index contributed by atoms with van der Waals surface area (Å²) >= 11 is 0. The van der Waals surface area contributed by atoms with Crippen molar-refractivity contribution in [3.63, 3.8) is 0 Å². The van der Waals surface area contributed by atoms with Crippen LogP contribution in [-0.4, -0.2) is 11.8 Å². The summed E-state index contributed by atoms with van der Waals surface area (Å²) in [7, 11) is 0. The van der Waals surface area contributed by atoms with Gasteiger partial charge in [-0.2, -0.15) is 0 Å². The van der Waals surface area contributed by atoms with E-state index in [0.29, 0.717) is 0 Å². The molecule has 4 nitrogen and oxygen atoms in total. The van der Waals surface area contributed by atoms with Gasteiger partial charge >= 0.3 is 0 Å². The summed E-state index contributed by atoms with van der Waals surface area (Å²) < 4.78 is 0. The summed E-state index contributed by atoms with van der Waals surface area (Å²) in [5.74, 6) is -0.282. The second kappa shape index (κ2) is 8.13. The first-order valence-corrected chi connectivity index (χ1v) is 7.79. The molecule has 2 rings (SSSR count). The predicted octanol–water partition coefficient (Wildman–Crippen LogP) is 3.46. The monoisotopic (exact) mass is 310 g/mol. The fourth-order valence-electron chi connectivity index (χ4n) is 2.40. The zero-order chi connectivity index (χ0) is 16.7. The highest BCUT2D eigenvalue weighted by Crippen LogP contribution is 2.18. The molecule has 0 unspecified atom stereocenters. The molecule has 0 aliphatic heterocycles. The number of anilines is 1. The van der Waals surface area contributed by atoms with Crippen molar-refractivity contribution in [2.24, 2.45) is 0 Å². The van der Waals surface area contributed by atoms with Gasteiger partial charge in [0.15, 0.2) is 0 Å². The van der Waals surface area contributed by atoms with Crippen molar-refractivity contribution >= 4 is 17.5 Å². The van der Waals surface area contributed by atoms with Crippen molar-refractivity contribution in [3.8, 4) is 0 Å². The van der Waals surface area contributed by atoms with E-state index in [4.69, 9.17) is 0 Å². The number of nitrogens with one attached hydrogen (secondary N) is 2. The van der Waals surface area contributed by atoms with Crippen molar-refractivity contribution in [3.05, 3.63) is 65.7 Å². The average molecular weight is 310 g/mol. The predicted molar refractivity (Wildman–Crippen MR) is 92.1 cm³/mol. The van der Waals surface area contributed by atoms with Crippen molar-refractivity contribution in [1.82, 2.24) is 5.32 Å². The summed E-state index contributed by atoms with van der Waals surface area (Å²) in [5.41, 5.74) is 2.91. The van der Waals surface area contributed by atoms with Gasteiger partial charge in [-0.3, -0.25) is 9.59 Å². The fraction of sp³-hybridized carbons (Fsp3) is 0.263. The zero-order valence-electron chi connectivity index (χ0n) is 13.5. The second-order valence-electron chi connectivity index (χ2n) is 5.47. The van der Waals surface area contributed by atoms with Crippen LogP contribution in [0, 0.1) is 0 Å². The number of aryl methyl sites for hydroxylation is 1. The number of benzene rings is 2. The number of carbonyl (C=O) groups is 2. The van der Waals surface area contributed by atoms with Gasteiger partial charge in [0.1, 0.15) is 0 Å². The minimum atomic E-state index is -0.330. The van der Waals surface area contributed by atoms with Crippen LogP contribution in [0.3, 0.4) is 0 Å². The Kier molecular flexibility index (Phi) is 5.92. The Morgan fingerprint density at radius 3 is 2.22 bits per heavy atom. The second-order valence-corrected chi connectivity index (χ2v) is 5.47. The Morgan fingerprint density at radius 1 is 1.00 bits per heavy atom. The summed E-state index contributed by atoms with van der Waals surface area (Å²) in [6.07, 6.45) is 1.16. The van der Waals surface area contributed by atoms with E-state index in [0.717, 1.165) is 17.7 Å². The number of amides is 2. The van der Waals surface area contributed by atoms with E-state index in [-0.39, 0.29) is 24.3 Å². The van der Waals surface area contributed by atoms with E-state index in [1.165, 1.54) is 12.5 Å². The number of hydrogen-bond donors (Lipinski definition) is 2. The third-order valence-corrected chi connectivity index (χ3v) is 3.61. The van der Waals surface area contributed by atoms with Gasteiger partial charge in [-0.15, -0.1) is 0 Å². The lowest BCUT2D eigenvalue weighted by Crippen LogP contribution is -2.29. The lowest BCUT2D eigenvalue weighted by Gasteiger charge is -2.18. The highest BCUT2D eigenvalue weighted by molar-refractivity contribution is 5.91. The molecule has 2 N–H and O–H groups in total. The Balaban J connectivity index is 2.03. The first-order valence-electron chi connectivity index (χ1n) is 7.79. The van der Waals surface area contributed by atoms with Crippen LogP contribution in [0.1, 0.15) is 37.4 Å². The molecule has 2 aromatic carbocycles. The molecule has 2 amide bonds. The molecule has 0 radical (unpaired) electrons. The molecule has 0 aliphatic carbocycles. The van der Waals surface area contributed by atoms with Gasteiger partial charge in [0.2, 0.25) is 11.8 Å². The average Bonchev–Trinajstić information content (AvgIpc) is 2.55. The maximum absolute atomic E-state index is 12.3. The molecule has 0 fully saturated rings. The van der Waals surface area contributed by atoms with Gasteiger partial charge in [-0.25, -0.2) is 0 Å². The number of carbonyl (C=O) groups excluding carboxylic acids is 2. The Hall–Kier alpha value is -2.62. The van der Waals surface area contributed by atoms with Gasteiger partial charge in [0.05, 0.1) is 12.5 Å². The van der Waals surface area contributed by atoms with Gasteiger partial charge in [0.25, 0.3) is 0 Å². The lowest BCUT2D eigenvalue weighted by atomic mass is 10.0. The third kappa shape index (κ3) is 5.25. The summed E-state index contributed by atoms with van der Waals surface area (Å²) in [5, 5.41) is 5.71. The van der Waals surface area contributed by atoms with Crippen LogP contribution in [0.2, 0.25) is 0 Å². The van der Waals surface area contributed by atoms with Gasteiger partial charge in [-0.05, 0) is 29.7 Å². The molecule has 0 aromatic heterocycles. The number of hydrogen-bond acceptors (Lipinski definition) is 2. The summed E-state index contributed by atoms with van der Waals surface area (Å²) in [6.45, 7) is 3.54. The summed E-state index contributed by atoms with van der Waals surface area (Å²) in [6, 6.07) is 17.0. The minimum absolute atomic E-state index is 0.128. The van der Waals surface area contributed by atoms with E-state index in [1.54, 1.807) is 0 Å². The zero-order valence-corrected chi connectivity index (χ0v) is 13.5. The van der Waals surface area contributed by atoms with E-state index in [2.05, 4.69) is 17.6 Å². The van der Waals surface area contributed by atoms with Crippen LogP contribution >= 0.6 is 0 Å². The van der Waals surface area contributed by atoms with Crippen molar-refractivity contribution in [2.75, 3.05) is 5.32 Å². The van der Waals surface area contributed by atoms with Crippen LogP contribution in [-0.2, 0) is 16.0 Å². The first-order chi connectivity index (χ1) is 11.1. The molecule has 0 heterocycles. The van der Waals surface area contributed by atoms with Crippen LogP contribution in [0.4, 0.5) is 5.69 Å². The highest BCUT2D eigenvalue weighted by Gasteiger charge is 2.17. The van der Waals surface area contributed by atoms with Gasteiger partial charge in [-0.1, -0.05) is 49.4 Å². The highest BCUT2D eigenvalue weighted by atomic mass is 16.2. The van der Waals surface area contributed by atoms with E-state index >= 15 is 0 Å². The third-order valence-electron chi connectivity index (χ3n) is 3.61. The number of rotatable bonds is 6. The van der Waals surface area contributed by atoms with Crippen molar-refractivity contribution in [1.29, 1.82) is 0 Å². The molecule has 120 valence electrons. The molecular weight excluding hydrogens is 288 g/mol. The molecule has 0 spiro atoms. The Morgan fingerprint density at radius 2 is 1.65 bits per heavy atom. The normalized spacial score (nSPS) is 11.6. The minimum Gasteiger partial charge on any atom is -0.349 e. The summed E-state index contributed by atoms with van der Waals surface area (Å²) in [4.78, 5) is 23.7. The standard InChI is InChI=1S/C19H22N2O2/c1-3-15-9-11-17(12-10-15)21-19(23)13-18(20-14(2)22)16-7-5-4-6-8-16/h4-12,18H,3,13H2,1-2H3,(H,20,22)(H,21,23)/t18-/m0/s1. The topological polar surface area (TPSA) is 58.2 Å². The maximum atomic E-state index is 12.3. The van der Waals surface area contributed by atoms with Crippen LogP contribution in [0.25, 0.3) is 0 Å². The molecule has 0 aliphatic rings. The molecule has 0 bridgehead atoms. The van der Waals surface area contributed by atoms with Crippen molar-refractivity contribution in [2.45, 2.75) is 32.7 Å². The smallest absolute Gasteiger partial charge is 0.226 e. The quantitative estimate of drug-likeness (QED) is 0.858. The van der Waals surface area contributed by atoms with Crippen LogP contribution in [0.15, 0.2) is 54.6 Å². The van der Waals surface area contributed by atoms with Crippen LogP contribution in [0.5, 0.6) is 0 Å². The van der Waals surface area contributed by atoms with Gasteiger partial charge in [0, 0.05) is 12.6 Å². The maximum Gasteiger partial charge on any atom is 0.226 e. The van der Waals surface area contributed by atoms with E-state index < -0.39 is 0 Å². The Bertz CT molecular complexity index is 651.